The lowest BCUT2D eigenvalue weighted by molar-refractivity contribution is -0.150. The van der Waals surface area contributed by atoms with Crippen molar-refractivity contribution in [1.82, 2.24) is 0 Å². The van der Waals surface area contributed by atoms with Gasteiger partial charge in [-0.3, -0.25) is 0 Å². The van der Waals surface area contributed by atoms with Crippen molar-refractivity contribution in [1.29, 1.82) is 0 Å². The Morgan fingerprint density at radius 3 is 2.47 bits per heavy atom. The molecule has 0 saturated heterocycles. The highest BCUT2D eigenvalue weighted by atomic mass is 16.3. The monoisotopic (exact) mass is 238 g/mol. The average molecular weight is 238 g/mol. The summed E-state index contributed by atoms with van der Waals surface area (Å²) < 4.78 is 0. The lowest BCUT2D eigenvalue weighted by Gasteiger charge is -2.51. The third-order valence-electron chi connectivity index (χ3n) is 6.19. The third-order valence-corrected chi connectivity index (χ3v) is 6.19. The molecule has 3 aliphatic carbocycles. The van der Waals surface area contributed by atoms with Crippen molar-refractivity contribution in [3.63, 3.8) is 0 Å². The summed E-state index contributed by atoms with van der Waals surface area (Å²) in [6, 6.07) is 0. The van der Waals surface area contributed by atoms with Crippen LogP contribution in [0.5, 0.6) is 0 Å². The van der Waals surface area contributed by atoms with Crippen molar-refractivity contribution in [3.05, 3.63) is 0 Å². The van der Waals surface area contributed by atoms with E-state index < -0.39 is 5.60 Å². The van der Waals surface area contributed by atoms with Gasteiger partial charge in [-0.05, 0) is 61.2 Å². The highest BCUT2D eigenvalue weighted by molar-refractivity contribution is 5.20. The maximum absolute atomic E-state index is 10.7. The van der Waals surface area contributed by atoms with Crippen LogP contribution < -0.4 is 0 Å². The molecule has 0 heterocycles. The van der Waals surface area contributed by atoms with Gasteiger partial charge >= 0.3 is 0 Å². The molecule has 2 nitrogen and oxygen atoms in total. The summed E-state index contributed by atoms with van der Waals surface area (Å²) in [4.78, 5) is 0. The number of hydrogen-bond acceptors (Lipinski definition) is 2. The van der Waals surface area contributed by atoms with Crippen LogP contribution in [0.15, 0.2) is 0 Å². The highest BCUT2D eigenvalue weighted by Crippen LogP contribution is 2.73. The number of fused-ring (bicyclic) bond motifs is 3. The fourth-order valence-electron chi connectivity index (χ4n) is 5.57. The summed E-state index contributed by atoms with van der Waals surface area (Å²) in [7, 11) is 0. The van der Waals surface area contributed by atoms with Crippen LogP contribution in [0.3, 0.4) is 0 Å². The van der Waals surface area contributed by atoms with Crippen molar-refractivity contribution in [3.8, 4) is 0 Å². The Kier molecular flexibility index (Phi) is 2.30. The maximum atomic E-state index is 10.7. The van der Waals surface area contributed by atoms with Gasteiger partial charge in [-0.15, -0.1) is 0 Å². The Labute approximate surface area is 104 Å². The van der Waals surface area contributed by atoms with Crippen LogP contribution in [0.1, 0.15) is 47.0 Å². The van der Waals surface area contributed by atoms with Gasteiger partial charge in [-0.1, -0.05) is 20.8 Å². The van der Waals surface area contributed by atoms with Crippen LogP contribution in [0.2, 0.25) is 0 Å². The van der Waals surface area contributed by atoms with Crippen LogP contribution in [-0.2, 0) is 0 Å². The van der Waals surface area contributed by atoms with E-state index in [9.17, 15) is 10.2 Å². The van der Waals surface area contributed by atoms with E-state index in [4.69, 9.17) is 0 Å². The fraction of sp³-hybridized carbons (Fsp3) is 1.00. The van der Waals surface area contributed by atoms with E-state index in [0.29, 0.717) is 11.8 Å². The van der Waals surface area contributed by atoms with Gasteiger partial charge in [0.05, 0.1) is 11.7 Å². The van der Waals surface area contributed by atoms with Gasteiger partial charge in [0.2, 0.25) is 0 Å². The second kappa shape index (κ2) is 3.27. The molecule has 0 bridgehead atoms. The van der Waals surface area contributed by atoms with E-state index >= 15 is 0 Å². The molecule has 0 amide bonds. The van der Waals surface area contributed by atoms with Gasteiger partial charge in [0.1, 0.15) is 0 Å². The zero-order valence-corrected chi connectivity index (χ0v) is 11.5. The van der Waals surface area contributed by atoms with E-state index in [1.807, 2.05) is 6.92 Å². The number of hydrogen-bond donors (Lipinski definition) is 2. The first kappa shape index (κ1) is 12.0. The minimum Gasteiger partial charge on any atom is -0.393 e. The lowest BCUT2D eigenvalue weighted by Crippen LogP contribution is -2.54. The second-order valence-corrected chi connectivity index (χ2v) is 7.66. The molecule has 0 spiro atoms. The molecule has 0 aliphatic heterocycles. The smallest absolute Gasteiger partial charge is 0.0657 e. The Hall–Kier alpha value is -0.0800. The van der Waals surface area contributed by atoms with Crippen LogP contribution >= 0.6 is 0 Å². The molecule has 2 heteroatoms. The SMILES string of the molecule is CC(C)[C@@H]1C2C[C@@]3(C)C(O)CC[C@@](C)(O)[C@@H]3C21. The molecule has 3 unspecified atom stereocenters. The maximum Gasteiger partial charge on any atom is 0.0657 e. The van der Waals surface area contributed by atoms with Crippen LogP contribution in [0.4, 0.5) is 0 Å². The molecule has 2 N–H and O–H groups in total. The Bertz CT molecular complexity index is 336. The molecule has 3 saturated carbocycles. The molecule has 3 aliphatic rings. The first-order valence-electron chi connectivity index (χ1n) is 7.19. The van der Waals surface area contributed by atoms with Crippen LogP contribution in [-0.4, -0.2) is 21.9 Å². The lowest BCUT2D eigenvalue weighted by atomic mass is 9.58. The Balaban J connectivity index is 1.92. The van der Waals surface area contributed by atoms with Gasteiger partial charge < -0.3 is 10.2 Å². The summed E-state index contributed by atoms with van der Waals surface area (Å²) in [6.07, 6.45) is 2.46. The summed E-state index contributed by atoms with van der Waals surface area (Å²) in [5.41, 5.74) is -0.584. The van der Waals surface area contributed by atoms with E-state index in [1.54, 1.807) is 0 Å². The van der Waals surface area contributed by atoms with E-state index in [-0.39, 0.29) is 11.5 Å². The van der Waals surface area contributed by atoms with Gasteiger partial charge in [-0.2, -0.15) is 0 Å². The van der Waals surface area contributed by atoms with Gasteiger partial charge in [0.25, 0.3) is 0 Å². The number of rotatable bonds is 1. The zero-order valence-electron chi connectivity index (χ0n) is 11.5. The molecule has 0 aromatic carbocycles. The zero-order chi connectivity index (χ0) is 12.6. The summed E-state index contributed by atoms with van der Waals surface area (Å²) in [5.74, 6) is 3.28. The molecule has 3 fully saturated rings. The summed E-state index contributed by atoms with van der Waals surface area (Å²) in [5, 5.41) is 21.0. The summed E-state index contributed by atoms with van der Waals surface area (Å²) >= 11 is 0. The topological polar surface area (TPSA) is 40.5 Å². The Morgan fingerprint density at radius 2 is 1.88 bits per heavy atom. The molecule has 0 radical (unpaired) electrons. The first-order valence-corrected chi connectivity index (χ1v) is 7.19. The molecule has 7 atom stereocenters. The van der Waals surface area contributed by atoms with Crippen molar-refractivity contribution in [2.45, 2.75) is 58.7 Å². The van der Waals surface area contributed by atoms with Gasteiger partial charge in [0, 0.05) is 0 Å². The molecular weight excluding hydrogens is 212 g/mol. The minimum absolute atomic E-state index is 0.0253. The Morgan fingerprint density at radius 1 is 1.24 bits per heavy atom. The first-order chi connectivity index (χ1) is 7.79. The largest absolute Gasteiger partial charge is 0.393 e. The molecule has 0 aromatic heterocycles. The van der Waals surface area contributed by atoms with Crippen molar-refractivity contribution < 1.29 is 10.2 Å². The highest BCUT2D eigenvalue weighted by Gasteiger charge is 2.72. The molecular formula is C15H26O2. The van der Waals surface area contributed by atoms with Gasteiger partial charge in [-0.25, -0.2) is 0 Å². The quantitative estimate of drug-likeness (QED) is 0.736. The van der Waals surface area contributed by atoms with Crippen LogP contribution in [0.25, 0.3) is 0 Å². The number of aliphatic hydroxyl groups excluding tert-OH is 1. The van der Waals surface area contributed by atoms with Gasteiger partial charge in [0.15, 0.2) is 0 Å². The predicted octanol–water partition coefficient (Wildman–Crippen LogP) is 2.44. The molecule has 17 heavy (non-hydrogen) atoms. The second-order valence-electron chi connectivity index (χ2n) is 7.66. The fourth-order valence-corrected chi connectivity index (χ4v) is 5.57. The molecule has 98 valence electrons. The van der Waals surface area contributed by atoms with E-state index in [0.717, 1.165) is 37.0 Å². The molecule has 0 aromatic rings. The number of aliphatic hydroxyl groups is 2. The summed E-state index contributed by atoms with van der Waals surface area (Å²) in [6.45, 7) is 8.81. The predicted molar refractivity (Wildman–Crippen MR) is 67.4 cm³/mol. The molecule has 3 rings (SSSR count). The van der Waals surface area contributed by atoms with Crippen molar-refractivity contribution in [2.24, 2.45) is 35.0 Å². The van der Waals surface area contributed by atoms with Crippen molar-refractivity contribution >= 4 is 0 Å². The third kappa shape index (κ3) is 1.40. The standard InChI is InChI=1S/C15H26O2/c1-8(2)11-9-7-14(3)10(16)5-6-15(4,17)13(14)12(9)11/h8-13,16-17H,5-7H2,1-4H3/t9?,10?,11-,12?,13-,14+,15-/m1/s1. The average Bonchev–Trinajstić information content (AvgIpc) is 2.77. The van der Waals surface area contributed by atoms with E-state index in [1.165, 1.54) is 0 Å². The van der Waals surface area contributed by atoms with Crippen LogP contribution in [0, 0.1) is 35.0 Å². The van der Waals surface area contributed by atoms with Crippen molar-refractivity contribution in [2.75, 3.05) is 0 Å². The van der Waals surface area contributed by atoms with E-state index in [2.05, 4.69) is 20.8 Å². The normalized spacial score (nSPS) is 61.2. The minimum atomic E-state index is -0.558.